The molecule has 1 unspecified atom stereocenters. The van der Waals surface area contributed by atoms with Gasteiger partial charge in [0.15, 0.2) is 0 Å². The van der Waals surface area contributed by atoms with Gasteiger partial charge < -0.3 is 10.6 Å². The summed E-state index contributed by atoms with van der Waals surface area (Å²) in [6, 6.07) is 7.35. The molecule has 1 aromatic carbocycles. The van der Waals surface area contributed by atoms with Crippen molar-refractivity contribution < 1.29 is 0 Å². The molecule has 1 aliphatic heterocycles. The van der Waals surface area contributed by atoms with Crippen LogP contribution in [0.4, 0.5) is 0 Å². The van der Waals surface area contributed by atoms with Gasteiger partial charge in [0.05, 0.1) is 0 Å². The van der Waals surface area contributed by atoms with Gasteiger partial charge in [0.25, 0.3) is 0 Å². The van der Waals surface area contributed by atoms with E-state index in [1.54, 1.807) is 0 Å². The highest BCUT2D eigenvalue weighted by molar-refractivity contribution is 5.33. The topological polar surface area (TPSA) is 24.1 Å². The molecule has 1 atom stereocenters. The SMILES string of the molecule is Cc1ccc2c(c1)CC(CNC(C)(C)C)NC2. The summed E-state index contributed by atoms with van der Waals surface area (Å²) in [5.41, 5.74) is 4.55. The van der Waals surface area contributed by atoms with Crippen molar-refractivity contribution in [2.24, 2.45) is 0 Å². The van der Waals surface area contributed by atoms with Crippen LogP contribution in [0, 0.1) is 6.92 Å². The Bertz CT molecular complexity index is 390. The van der Waals surface area contributed by atoms with E-state index in [2.05, 4.69) is 56.5 Å². The van der Waals surface area contributed by atoms with Gasteiger partial charge in [-0.15, -0.1) is 0 Å². The van der Waals surface area contributed by atoms with Gasteiger partial charge in [-0.2, -0.15) is 0 Å². The van der Waals surface area contributed by atoms with Crippen molar-refractivity contribution in [1.29, 1.82) is 0 Å². The van der Waals surface area contributed by atoms with Crippen molar-refractivity contribution in [3.05, 3.63) is 34.9 Å². The lowest BCUT2D eigenvalue weighted by Gasteiger charge is -2.30. The molecule has 1 heterocycles. The van der Waals surface area contributed by atoms with E-state index in [4.69, 9.17) is 0 Å². The van der Waals surface area contributed by atoms with Gasteiger partial charge in [0.1, 0.15) is 0 Å². The molecule has 2 N–H and O–H groups in total. The first-order valence-corrected chi connectivity index (χ1v) is 6.51. The Hall–Kier alpha value is -0.860. The molecule has 0 aliphatic carbocycles. The lowest BCUT2D eigenvalue weighted by atomic mass is 9.94. The fraction of sp³-hybridized carbons (Fsp3) is 0.600. The molecule has 94 valence electrons. The van der Waals surface area contributed by atoms with Crippen LogP contribution in [0.3, 0.4) is 0 Å². The van der Waals surface area contributed by atoms with Crippen molar-refractivity contribution in [3.63, 3.8) is 0 Å². The van der Waals surface area contributed by atoms with Crippen molar-refractivity contribution in [1.82, 2.24) is 10.6 Å². The quantitative estimate of drug-likeness (QED) is 0.818. The summed E-state index contributed by atoms with van der Waals surface area (Å²) < 4.78 is 0. The number of benzene rings is 1. The Kier molecular flexibility index (Phi) is 3.55. The van der Waals surface area contributed by atoms with Crippen LogP contribution in [-0.2, 0) is 13.0 Å². The molecule has 1 aliphatic rings. The van der Waals surface area contributed by atoms with Crippen LogP contribution in [0.15, 0.2) is 18.2 Å². The second-order valence-electron chi connectivity index (χ2n) is 6.19. The van der Waals surface area contributed by atoms with Crippen molar-refractivity contribution in [2.75, 3.05) is 6.54 Å². The third kappa shape index (κ3) is 3.55. The first-order chi connectivity index (χ1) is 7.94. The maximum Gasteiger partial charge on any atom is 0.0236 e. The Morgan fingerprint density at radius 2 is 2.06 bits per heavy atom. The van der Waals surface area contributed by atoms with Crippen LogP contribution >= 0.6 is 0 Å². The number of hydrogen-bond acceptors (Lipinski definition) is 2. The zero-order chi connectivity index (χ0) is 12.5. The molecule has 0 bridgehead atoms. The van der Waals surface area contributed by atoms with Crippen molar-refractivity contribution >= 4 is 0 Å². The normalized spacial score (nSPS) is 20.1. The molecule has 0 saturated carbocycles. The summed E-state index contributed by atoms with van der Waals surface area (Å²) in [6.45, 7) is 10.9. The van der Waals surface area contributed by atoms with E-state index >= 15 is 0 Å². The van der Waals surface area contributed by atoms with Gasteiger partial charge in [0, 0.05) is 24.7 Å². The predicted molar refractivity (Wildman–Crippen MR) is 73.3 cm³/mol. The lowest BCUT2D eigenvalue weighted by Crippen LogP contribution is -2.48. The highest BCUT2D eigenvalue weighted by Crippen LogP contribution is 2.18. The molecule has 2 nitrogen and oxygen atoms in total. The number of hydrogen-bond donors (Lipinski definition) is 2. The highest BCUT2D eigenvalue weighted by atomic mass is 15.0. The predicted octanol–water partition coefficient (Wildman–Crippen LogP) is 2.40. The van der Waals surface area contributed by atoms with E-state index in [1.807, 2.05) is 0 Å². The fourth-order valence-corrected chi connectivity index (χ4v) is 2.28. The number of aryl methyl sites for hydroxylation is 1. The molecule has 0 spiro atoms. The second-order valence-corrected chi connectivity index (χ2v) is 6.19. The first-order valence-electron chi connectivity index (χ1n) is 6.51. The summed E-state index contributed by atoms with van der Waals surface area (Å²) in [5, 5.41) is 7.18. The molecule has 2 rings (SSSR count). The third-order valence-electron chi connectivity index (χ3n) is 3.29. The minimum atomic E-state index is 0.203. The summed E-state index contributed by atoms with van der Waals surface area (Å²) >= 11 is 0. The average molecular weight is 232 g/mol. The van der Waals surface area contributed by atoms with Crippen LogP contribution in [0.25, 0.3) is 0 Å². The summed E-state index contributed by atoms with van der Waals surface area (Å²) in [6.07, 6.45) is 1.14. The Labute approximate surface area is 105 Å². The van der Waals surface area contributed by atoms with Gasteiger partial charge in [-0.1, -0.05) is 23.8 Å². The maximum absolute atomic E-state index is 3.60. The van der Waals surface area contributed by atoms with E-state index in [0.717, 1.165) is 19.5 Å². The van der Waals surface area contributed by atoms with Crippen LogP contribution in [0.1, 0.15) is 37.5 Å². The molecule has 0 radical (unpaired) electrons. The largest absolute Gasteiger partial charge is 0.311 e. The van der Waals surface area contributed by atoms with Gasteiger partial charge in [-0.3, -0.25) is 0 Å². The highest BCUT2D eigenvalue weighted by Gasteiger charge is 2.19. The molecule has 0 aromatic heterocycles. The summed E-state index contributed by atoms with van der Waals surface area (Å²) in [4.78, 5) is 0. The van der Waals surface area contributed by atoms with Crippen LogP contribution in [0.5, 0.6) is 0 Å². The van der Waals surface area contributed by atoms with Crippen molar-refractivity contribution in [2.45, 2.75) is 52.2 Å². The fourth-order valence-electron chi connectivity index (χ4n) is 2.28. The zero-order valence-corrected chi connectivity index (χ0v) is 11.4. The number of fused-ring (bicyclic) bond motifs is 1. The lowest BCUT2D eigenvalue weighted by molar-refractivity contribution is 0.367. The zero-order valence-electron chi connectivity index (χ0n) is 11.4. The Morgan fingerprint density at radius 1 is 1.29 bits per heavy atom. The molecule has 1 aromatic rings. The summed E-state index contributed by atoms with van der Waals surface area (Å²) in [5.74, 6) is 0. The number of nitrogens with one attached hydrogen (secondary N) is 2. The molecule has 2 heteroatoms. The Morgan fingerprint density at radius 3 is 2.76 bits per heavy atom. The second kappa shape index (κ2) is 4.79. The Balaban J connectivity index is 1.98. The minimum Gasteiger partial charge on any atom is -0.311 e. The molecule has 17 heavy (non-hydrogen) atoms. The smallest absolute Gasteiger partial charge is 0.0236 e. The van der Waals surface area contributed by atoms with E-state index in [-0.39, 0.29) is 5.54 Å². The van der Waals surface area contributed by atoms with Gasteiger partial charge in [0.2, 0.25) is 0 Å². The molecular formula is C15H24N2. The van der Waals surface area contributed by atoms with Crippen LogP contribution < -0.4 is 10.6 Å². The van der Waals surface area contributed by atoms with Gasteiger partial charge >= 0.3 is 0 Å². The standard InChI is InChI=1S/C15H24N2/c1-11-5-6-12-9-16-14(8-13(12)7-11)10-17-15(2,3)4/h5-7,14,16-17H,8-10H2,1-4H3. The van der Waals surface area contributed by atoms with Crippen LogP contribution in [0.2, 0.25) is 0 Å². The van der Waals surface area contributed by atoms with Crippen LogP contribution in [-0.4, -0.2) is 18.1 Å². The first kappa shape index (κ1) is 12.6. The number of rotatable bonds is 2. The monoisotopic (exact) mass is 232 g/mol. The summed E-state index contributed by atoms with van der Waals surface area (Å²) in [7, 11) is 0. The van der Waals surface area contributed by atoms with Gasteiger partial charge in [-0.05, 0) is 45.2 Å². The van der Waals surface area contributed by atoms with E-state index in [0.29, 0.717) is 6.04 Å². The van der Waals surface area contributed by atoms with E-state index < -0.39 is 0 Å². The maximum atomic E-state index is 3.60. The average Bonchev–Trinajstić information content (AvgIpc) is 2.24. The molecule has 0 saturated heterocycles. The third-order valence-corrected chi connectivity index (χ3v) is 3.29. The molecule has 0 amide bonds. The van der Waals surface area contributed by atoms with E-state index in [1.165, 1.54) is 16.7 Å². The van der Waals surface area contributed by atoms with Crippen molar-refractivity contribution in [3.8, 4) is 0 Å². The molecular weight excluding hydrogens is 208 g/mol. The minimum absolute atomic E-state index is 0.203. The van der Waals surface area contributed by atoms with Gasteiger partial charge in [-0.25, -0.2) is 0 Å². The van der Waals surface area contributed by atoms with E-state index in [9.17, 15) is 0 Å². The molecule has 0 fully saturated rings.